The minimum Gasteiger partial charge on any atom is -0.321 e. The third kappa shape index (κ3) is 4.03. The molecule has 0 spiro atoms. The zero-order valence-corrected chi connectivity index (χ0v) is 16.6. The Labute approximate surface area is 161 Å². The second-order valence-corrected chi connectivity index (χ2v) is 9.99. The van der Waals surface area contributed by atoms with Gasteiger partial charge in [-0.1, -0.05) is 12.5 Å². The average Bonchev–Trinajstić information content (AvgIpc) is 2.70. The SMILES string of the molecule is O=C(C[N+]12CCN(CC1)CC2)Nc1cccc(S(=O)(=O)N2CCCCC2)c1. The number of hydrogen-bond donors (Lipinski definition) is 1. The van der Waals surface area contributed by atoms with Crippen LogP contribution in [-0.4, -0.2) is 86.9 Å². The number of carbonyl (C=O) groups is 1. The highest BCUT2D eigenvalue weighted by molar-refractivity contribution is 7.89. The molecule has 5 rings (SSSR count). The van der Waals surface area contributed by atoms with Gasteiger partial charge >= 0.3 is 0 Å². The van der Waals surface area contributed by atoms with Crippen LogP contribution in [0, 0.1) is 0 Å². The quantitative estimate of drug-likeness (QED) is 0.756. The Kier molecular flexibility index (Phi) is 5.24. The largest absolute Gasteiger partial charge is 0.321 e. The summed E-state index contributed by atoms with van der Waals surface area (Å²) >= 11 is 0. The van der Waals surface area contributed by atoms with Crippen LogP contribution in [0.2, 0.25) is 0 Å². The van der Waals surface area contributed by atoms with Crippen molar-refractivity contribution >= 4 is 21.6 Å². The lowest BCUT2D eigenvalue weighted by atomic mass is 10.1. The Bertz CT molecular complexity index is 783. The van der Waals surface area contributed by atoms with Gasteiger partial charge in [0.2, 0.25) is 10.0 Å². The van der Waals surface area contributed by atoms with Gasteiger partial charge < -0.3 is 9.80 Å². The fourth-order valence-corrected chi connectivity index (χ4v) is 6.03. The van der Waals surface area contributed by atoms with Crippen molar-refractivity contribution in [2.75, 3.05) is 64.2 Å². The first kappa shape index (κ1) is 18.9. The maximum atomic E-state index is 12.9. The molecule has 0 radical (unpaired) electrons. The number of nitrogens with one attached hydrogen (secondary N) is 1. The van der Waals surface area contributed by atoms with E-state index in [9.17, 15) is 13.2 Å². The van der Waals surface area contributed by atoms with E-state index in [-0.39, 0.29) is 10.8 Å². The molecule has 0 unspecified atom stereocenters. The van der Waals surface area contributed by atoms with Gasteiger partial charge in [-0.05, 0) is 31.0 Å². The van der Waals surface area contributed by atoms with Crippen LogP contribution in [0.25, 0.3) is 0 Å². The number of hydrogen-bond acceptors (Lipinski definition) is 4. The zero-order chi connectivity index (χ0) is 18.9. The molecule has 4 aliphatic rings. The molecular weight excluding hydrogens is 364 g/mol. The maximum Gasteiger partial charge on any atom is 0.279 e. The van der Waals surface area contributed by atoms with Crippen molar-refractivity contribution in [2.24, 2.45) is 0 Å². The Morgan fingerprint density at radius 2 is 1.67 bits per heavy atom. The number of benzene rings is 1. The number of sulfonamides is 1. The van der Waals surface area contributed by atoms with E-state index in [4.69, 9.17) is 0 Å². The number of piperazine rings is 3. The predicted octanol–water partition coefficient (Wildman–Crippen LogP) is 0.946. The second kappa shape index (κ2) is 7.50. The first-order valence-electron chi connectivity index (χ1n) is 9.95. The molecule has 148 valence electrons. The summed E-state index contributed by atoms with van der Waals surface area (Å²) < 4.78 is 28.1. The van der Waals surface area contributed by atoms with Crippen LogP contribution in [0.5, 0.6) is 0 Å². The summed E-state index contributed by atoms with van der Waals surface area (Å²) in [6.45, 7) is 7.90. The highest BCUT2D eigenvalue weighted by Gasteiger charge is 2.39. The van der Waals surface area contributed by atoms with Crippen LogP contribution in [0.1, 0.15) is 19.3 Å². The van der Waals surface area contributed by atoms with Crippen molar-refractivity contribution in [3.63, 3.8) is 0 Å². The van der Waals surface area contributed by atoms with Gasteiger partial charge in [0.1, 0.15) is 0 Å². The molecule has 1 amide bonds. The number of quaternary nitrogens is 1. The van der Waals surface area contributed by atoms with Gasteiger partial charge in [0.25, 0.3) is 5.91 Å². The van der Waals surface area contributed by atoms with Crippen LogP contribution in [0.3, 0.4) is 0 Å². The molecular formula is C19H29N4O3S+. The normalized spacial score (nSPS) is 28.8. The Morgan fingerprint density at radius 1 is 1.00 bits per heavy atom. The van der Waals surface area contributed by atoms with Gasteiger partial charge in [-0.3, -0.25) is 9.69 Å². The molecule has 7 nitrogen and oxygen atoms in total. The molecule has 4 aliphatic heterocycles. The molecule has 1 N–H and O–H groups in total. The van der Waals surface area contributed by atoms with E-state index in [1.807, 2.05) is 0 Å². The molecule has 0 saturated carbocycles. The third-order valence-corrected chi connectivity index (χ3v) is 8.12. The van der Waals surface area contributed by atoms with Crippen molar-refractivity contribution in [1.29, 1.82) is 0 Å². The predicted molar refractivity (Wildman–Crippen MR) is 104 cm³/mol. The van der Waals surface area contributed by atoms with E-state index >= 15 is 0 Å². The van der Waals surface area contributed by atoms with Crippen LogP contribution < -0.4 is 5.32 Å². The molecule has 1 aromatic rings. The van der Waals surface area contributed by atoms with Crippen LogP contribution >= 0.6 is 0 Å². The third-order valence-electron chi connectivity index (χ3n) is 6.22. The van der Waals surface area contributed by atoms with E-state index in [1.54, 1.807) is 28.6 Å². The fourth-order valence-electron chi connectivity index (χ4n) is 4.46. The number of nitrogens with zero attached hydrogens (tertiary/aromatic N) is 3. The van der Waals surface area contributed by atoms with Gasteiger partial charge in [0.05, 0.1) is 24.5 Å². The molecule has 4 heterocycles. The van der Waals surface area contributed by atoms with Crippen molar-refractivity contribution in [3.05, 3.63) is 24.3 Å². The number of fused-ring (bicyclic) bond motifs is 3. The summed E-state index contributed by atoms with van der Waals surface area (Å²) in [5.74, 6) is -0.0297. The number of rotatable bonds is 5. The minimum atomic E-state index is -3.49. The lowest BCUT2D eigenvalue weighted by molar-refractivity contribution is -0.933. The summed E-state index contributed by atoms with van der Waals surface area (Å²) in [5, 5.41) is 2.93. The number of anilines is 1. The first-order chi connectivity index (χ1) is 13.0. The number of carbonyl (C=O) groups excluding carboxylic acids is 1. The Morgan fingerprint density at radius 3 is 2.33 bits per heavy atom. The molecule has 1 aromatic carbocycles. The standard InChI is InChI=1S/C19H28N4O3S/c24-19(16-23-12-9-21(10-13-23)11-14-23)20-17-5-4-6-18(15-17)27(25,26)22-7-2-1-3-8-22/h4-6,15H,1-3,7-14,16H2/p+1. The molecule has 4 saturated heterocycles. The molecule has 2 bridgehead atoms. The summed E-state index contributed by atoms with van der Waals surface area (Å²) in [4.78, 5) is 15.3. The lowest BCUT2D eigenvalue weighted by Gasteiger charge is -2.50. The highest BCUT2D eigenvalue weighted by atomic mass is 32.2. The molecule has 0 aliphatic carbocycles. The van der Waals surface area contributed by atoms with Crippen LogP contribution in [-0.2, 0) is 14.8 Å². The number of amides is 1. The van der Waals surface area contributed by atoms with Crippen LogP contribution in [0.4, 0.5) is 5.69 Å². The summed E-state index contributed by atoms with van der Waals surface area (Å²) in [6.07, 6.45) is 2.90. The Hall–Kier alpha value is -1.48. The molecule has 4 fully saturated rings. The van der Waals surface area contributed by atoms with Crippen molar-refractivity contribution in [3.8, 4) is 0 Å². The van der Waals surface area contributed by atoms with E-state index in [0.717, 1.165) is 63.0 Å². The zero-order valence-electron chi connectivity index (χ0n) is 15.8. The monoisotopic (exact) mass is 393 g/mol. The lowest BCUT2D eigenvalue weighted by Crippen LogP contribution is -2.68. The highest BCUT2D eigenvalue weighted by Crippen LogP contribution is 2.23. The summed E-state index contributed by atoms with van der Waals surface area (Å²) in [6, 6.07) is 6.68. The van der Waals surface area contributed by atoms with E-state index in [1.165, 1.54) is 0 Å². The van der Waals surface area contributed by atoms with E-state index in [2.05, 4.69) is 10.2 Å². The number of piperidine rings is 1. The van der Waals surface area contributed by atoms with Gasteiger partial charge in [-0.25, -0.2) is 8.42 Å². The van der Waals surface area contributed by atoms with Crippen molar-refractivity contribution < 1.29 is 17.7 Å². The molecule has 0 aromatic heterocycles. The fraction of sp³-hybridized carbons (Fsp3) is 0.632. The molecule has 27 heavy (non-hydrogen) atoms. The summed E-state index contributed by atoms with van der Waals surface area (Å²) in [7, 11) is -3.49. The Balaban J connectivity index is 1.44. The van der Waals surface area contributed by atoms with Gasteiger partial charge in [0.15, 0.2) is 6.54 Å². The first-order valence-corrected chi connectivity index (χ1v) is 11.4. The van der Waals surface area contributed by atoms with Crippen molar-refractivity contribution in [1.82, 2.24) is 9.21 Å². The maximum absolute atomic E-state index is 12.9. The van der Waals surface area contributed by atoms with E-state index < -0.39 is 10.0 Å². The summed E-state index contributed by atoms with van der Waals surface area (Å²) in [5.41, 5.74) is 0.562. The van der Waals surface area contributed by atoms with Crippen LogP contribution in [0.15, 0.2) is 29.2 Å². The van der Waals surface area contributed by atoms with E-state index in [0.29, 0.717) is 25.3 Å². The average molecular weight is 394 g/mol. The van der Waals surface area contributed by atoms with Gasteiger partial charge in [0, 0.05) is 38.4 Å². The van der Waals surface area contributed by atoms with Crippen molar-refractivity contribution in [2.45, 2.75) is 24.2 Å². The second-order valence-electron chi connectivity index (χ2n) is 8.05. The topological polar surface area (TPSA) is 69.7 Å². The molecule has 0 atom stereocenters. The van der Waals surface area contributed by atoms with Gasteiger partial charge in [-0.2, -0.15) is 4.31 Å². The molecule has 8 heteroatoms. The minimum absolute atomic E-state index is 0.0297. The van der Waals surface area contributed by atoms with Gasteiger partial charge in [-0.15, -0.1) is 0 Å². The smallest absolute Gasteiger partial charge is 0.279 e.